The Hall–Kier alpha value is -3.64. The number of hydrogen-bond acceptors (Lipinski definition) is 5. The van der Waals surface area contributed by atoms with Crippen molar-refractivity contribution in [2.45, 2.75) is 0 Å². The van der Waals surface area contributed by atoms with Crippen LogP contribution in [0.2, 0.25) is 5.02 Å². The molecule has 0 N–H and O–H groups in total. The van der Waals surface area contributed by atoms with E-state index in [0.29, 0.717) is 28.0 Å². The second-order valence-electron chi connectivity index (χ2n) is 6.95. The molecule has 7 heteroatoms. The van der Waals surface area contributed by atoms with Gasteiger partial charge < -0.3 is 18.9 Å². The normalized spacial score (nSPS) is 10.7. The van der Waals surface area contributed by atoms with Gasteiger partial charge in [0.15, 0.2) is 23.0 Å². The van der Waals surface area contributed by atoms with E-state index in [1.54, 1.807) is 28.4 Å². The fourth-order valence-corrected chi connectivity index (χ4v) is 3.71. The summed E-state index contributed by atoms with van der Waals surface area (Å²) in [4.78, 5) is 0. The van der Waals surface area contributed by atoms with Crippen LogP contribution in [0.3, 0.4) is 0 Å². The number of methoxy groups -OCH3 is 4. The number of aromatic nitrogens is 2. The first-order chi connectivity index (χ1) is 15.6. The summed E-state index contributed by atoms with van der Waals surface area (Å²) in [6, 6.07) is 21.1. The standard InChI is InChI=1S/C25H23ClN2O4/c1-29-22-10-8-16(12-24(22)31-3)20-15-21(17-9-11-23(30-2)25(13-17)32-4)28(27-20)19-7-5-6-18(26)14-19/h5-15H,1-4H3. The molecule has 0 radical (unpaired) electrons. The minimum absolute atomic E-state index is 0.629. The summed E-state index contributed by atoms with van der Waals surface area (Å²) in [6.45, 7) is 0. The van der Waals surface area contributed by atoms with Gasteiger partial charge in [-0.1, -0.05) is 17.7 Å². The molecule has 0 atom stereocenters. The smallest absolute Gasteiger partial charge is 0.161 e. The zero-order chi connectivity index (χ0) is 22.7. The topological polar surface area (TPSA) is 54.7 Å². The number of halogens is 1. The molecule has 0 fully saturated rings. The van der Waals surface area contributed by atoms with Gasteiger partial charge in [0.2, 0.25) is 0 Å². The van der Waals surface area contributed by atoms with Crippen molar-refractivity contribution in [3.05, 3.63) is 71.8 Å². The average molecular weight is 451 g/mol. The summed E-state index contributed by atoms with van der Waals surface area (Å²) in [5.41, 5.74) is 4.30. The monoisotopic (exact) mass is 450 g/mol. The third kappa shape index (κ3) is 4.09. The molecule has 6 nitrogen and oxygen atoms in total. The van der Waals surface area contributed by atoms with E-state index >= 15 is 0 Å². The van der Waals surface area contributed by atoms with Crippen LogP contribution in [0.25, 0.3) is 28.2 Å². The maximum atomic E-state index is 6.27. The fraction of sp³-hybridized carbons (Fsp3) is 0.160. The lowest BCUT2D eigenvalue weighted by atomic mass is 10.1. The van der Waals surface area contributed by atoms with Crippen LogP contribution >= 0.6 is 11.6 Å². The molecule has 0 bridgehead atoms. The Bertz CT molecular complexity index is 1250. The molecule has 1 heterocycles. The zero-order valence-corrected chi connectivity index (χ0v) is 19.0. The number of rotatable bonds is 7. The predicted octanol–water partition coefficient (Wildman–Crippen LogP) is 5.89. The number of hydrogen-bond donors (Lipinski definition) is 0. The zero-order valence-electron chi connectivity index (χ0n) is 18.3. The number of benzene rings is 3. The van der Waals surface area contributed by atoms with Crippen molar-refractivity contribution in [3.8, 4) is 51.2 Å². The quantitative estimate of drug-likeness (QED) is 0.351. The second-order valence-corrected chi connectivity index (χ2v) is 7.38. The van der Waals surface area contributed by atoms with Gasteiger partial charge in [-0.05, 0) is 60.7 Å². The van der Waals surface area contributed by atoms with Gasteiger partial charge in [-0.2, -0.15) is 5.10 Å². The van der Waals surface area contributed by atoms with Gasteiger partial charge >= 0.3 is 0 Å². The Kier molecular flexibility index (Phi) is 6.23. The lowest BCUT2D eigenvalue weighted by Gasteiger charge is -2.11. The van der Waals surface area contributed by atoms with Gasteiger partial charge in [0, 0.05) is 16.1 Å². The molecule has 3 aromatic carbocycles. The van der Waals surface area contributed by atoms with Crippen molar-refractivity contribution >= 4 is 11.6 Å². The summed E-state index contributed by atoms with van der Waals surface area (Å²) in [5, 5.41) is 5.52. The average Bonchev–Trinajstić information content (AvgIpc) is 3.28. The van der Waals surface area contributed by atoms with Crippen LogP contribution in [0.1, 0.15) is 0 Å². The van der Waals surface area contributed by atoms with Crippen molar-refractivity contribution in [3.63, 3.8) is 0 Å². The molecular weight excluding hydrogens is 428 g/mol. The molecule has 0 unspecified atom stereocenters. The summed E-state index contributed by atoms with van der Waals surface area (Å²) >= 11 is 6.27. The highest BCUT2D eigenvalue weighted by molar-refractivity contribution is 6.30. The Morgan fingerprint density at radius 3 is 1.84 bits per heavy atom. The number of ether oxygens (including phenoxy) is 4. The molecule has 1 aromatic heterocycles. The molecule has 4 rings (SSSR count). The highest BCUT2D eigenvalue weighted by atomic mass is 35.5. The van der Waals surface area contributed by atoms with E-state index in [2.05, 4.69) is 0 Å². The Morgan fingerprint density at radius 1 is 0.656 bits per heavy atom. The van der Waals surface area contributed by atoms with E-state index in [-0.39, 0.29) is 0 Å². The molecule has 32 heavy (non-hydrogen) atoms. The second kappa shape index (κ2) is 9.24. The van der Waals surface area contributed by atoms with Crippen molar-refractivity contribution in [1.82, 2.24) is 9.78 Å². The molecule has 0 saturated heterocycles. The first-order valence-electron chi connectivity index (χ1n) is 9.88. The molecule has 0 aliphatic heterocycles. The Morgan fingerprint density at radius 2 is 1.25 bits per heavy atom. The van der Waals surface area contributed by atoms with E-state index in [4.69, 9.17) is 35.6 Å². The van der Waals surface area contributed by atoms with Crippen molar-refractivity contribution in [2.24, 2.45) is 0 Å². The van der Waals surface area contributed by atoms with Crippen LogP contribution in [0, 0.1) is 0 Å². The van der Waals surface area contributed by atoms with Crippen molar-refractivity contribution in [1.29, 1.82) is 0 Å². The van der Waals surface area contributed by atoms with E-state index in [1.807, 2.05) is 71.4 Å². The van der Waals surface area contributed by atoms with Gasteiger partial charge in [0.1, 0.15) is 0 Å². The maximum Gasteiger partial charge on any atom is 0.161 e. The molecular formula is C25H23ClN2O4. The third-order valence-electron chi connectivity index (χ3n) is 5.12. The molecule has 0 saturated carbocycles. The molecule has 0 amide bonds. The molecule has 0 aliphatic carbocycles. The van der Waals surface area contributed by atoms with Crippen LogP contribution in [0.4, 0.5) is 0 Å². The summed E-state index contributed by atoms with van der Waals surface area (Å²) in [6.07, 6.45) is 0. The van der Waals surface area contributed by atoms with Gasteiger partial charge in [0.05, 0.1) is 45.5 Å². The lowest BCUT2D eigenvalue weighted by Crippen LogP contribution is -2.00. The summed E-state index contributed by atoms with van der Waals surface area (Å²) < 4.78 is 23.6. The fourth-order valence-electron chi connectivity index (χ4n) is 3.52. The van der Waals surface area contributed by atoms with Gasteiger partial charge in [0.25, 0.3) is 0 Å². The van der Waals surface area contributed by atoms with Crippen molar-refractivity contribution < 1.29 is 18.9 Å². The summed E-state index contributed by atoms with van der Waals surface area (Å²) in [5.74, 6) is 2.59. The first-order valence-corrected chi connectivity index (χ1v) is 10.3. The third-order valence-corrected chi connectivity index (χ3v) is 5.36. The Labute approximate surface area is 191 Å². The molecule has 4 aromatic rings. The largest absolute Gasteiger partial charge is 0.493 e. The SMILES string of the molecule is COc1ccc(-c2cc(-c3ccc(OC)c(OC)c3)n(-c3cccc(Cl)c3)n2)cc1OC. The van der Waals surface area contributed by atoms with E-state index in [0.717, 1.165) is 28.2 Å². The van der Waals surface area contributed by atoms with E-state index < -0.39 is 0 Å². The van der Waals surface area contributed by atoms with Gasteiger partial charge in [-0.3, -0.25) is 0 Å². The van der Waals surface area contributed by atoms with Crippen LogP contribution in [0.15, 0.2) is 66.7 Å². The van der Waals surface area contributed by atoms with Crippen LogP contribution < -0.4 is 18.9 Å². The van der Waals surface area contributed by atoms with Crippen LogP contribution in [-0.2, 0) is 0 Å². The predicted molar refractivity (Wildman–Crippen MR) is 126 cm³/mol. The molecule has 0 aliphatic rings. The van der Waals surface area contributed by atoms with E-state index in [9.17, 15) is 0 Å². The minimum atomic E-state index is 0.629. The van der Waals surface area contributed by atoms with Crippen LogP contribution in [-0.4, -0.2) is 38.2 Å². The van der Waals surface area contributed by atoms with Gasteiger partial charge in [-0.25, -0.2) is 4.68 Å². The maximum absolute atomic E-state index is 6.27. The molecule has 0 spiro atoms. The molecule has 164 valence electrons. The lowest BCUT2D eigenvalue weighted by molar-refractivity contribution is 0.355. The van der Waals surface area contributed by atoms with Crippen LogP contribution in [0.5, 0.6) is 23.0 Å². The van der Waals surface area contributed by atoms with E-state index in [1.165, 1.54) is 0 Å². The highest BCUT2D eigenvalue weighted by Gasteiger charge is 2.17. The first kappa shape index (κ1) is 21.6. The highest BCUT2D eigenvalue weighted by Crippen LogP contribution is 2.37. The van der Waals surface area contributed by atoms with Gasteiger partial charge in [-0.15, -0.1) is 0 Å². The van der Waals surface area contributed by atoms with Crippen molar-refractivity contribution in [2.75, 3.05) is 28.4 Å². The minimum Gasteiger partial charge on any atom is -0.493 e. The summed E-state index contributed by atoms with van der Waals surface area (Å²) in [7, 11) is 6.45. The Balaban J connectivity index is 1.90. The number of nitrogens with zero attached hydrogens (tertiary/aromatic N) is 2.